The third kappa shape index (κ3) is 4.39. The van der Waals surface area contributed by atoms with E-state index in [0.717, 1.165) is 18.4 Å². The second kappa shape index (κ2) is 7.11. The van der Waals surface area contributed by atoms with Crippen molar-refractivity contribution in [3.63, 3.8) is 0 Å². The number of nitrogens with one attached hydrogen (secondary N) is 1. The van der Waals surface area contributed by atoms with Crippen LogP contribution in [0, 0.1) is 5.92 Å². The van der Waals surface area contributed by atoms with Gasteiger partial charge >= 0.3 is 0 Å². The number of hydrogen-bond acceptors (Lipinski definition) is 6. The van der Waals surface area contributed by atoms with Crippen LogP contribution in [0.1, 0.15) is 25.7 Å². The smallest absolute Gasteiger partial charge is 0.252 e. The number of rotatable bonds is 8. The molecule has 0 bridgehead atoms. The molecule has 7 heteroatoms. The minimum absolute atomic E-state index is 0.0618. The summed E-state index contributed by atoms with van der Waals surface area (Å²) in [5.41, 5.74) is 0.0137. The van der Waals surface area contributed by atoms with Gasteiger partial charge in [-0.05, 0) is 25.7 Å². The second-order valence-corrected chi connectivity index (χ2v) is 6.28. The van der Waals surface area contributed by atoms with Crippen molar-refractivity contribution in [1.29, 1.82) is 0 Å². The highest BCUT2D eigenvalue weighted by Crippen LogP contribution is 2.38. The maximum Gasteiger partial charge on any atom is 0.252 e. The first kappa shape index (κ1) is 16.6. The monoisotopic (exact) mass is 331 g/mol. The van der Waals surface area contributed by atoms with Crippen molar-refractivity contribution in [1.82, 2.24) is 15.5 Å². The highest BCUT2D eigenvalue weighted by molar-refractivity contribution is 5.77. The number of benzene rings is 1. The van der Waals surface area contributed by atoms with Crippen molar-refractivity contribution >= 4 is 5.91 Å². The first-order valence-corrected chi connectivity index (χ1v) is 7.99. The van der Waals surface area contributed by atoms with Crippen LogP contribution in [0.2, 0.25) is 0 Å². The molecule has 7 nitrogen and oxygen atoms in total. The Hall–Kier alpha value is -2.25. The molecule has 1 aliphatic rings. The lowest BCUT2D eigenvalue weighted by Gasteiger charge is -2.23. The summed E-state index contributed by atoms with van der Waals surface area (Å²) in [4.78, 5) is 16.0. The topological polar surface area (TPSA) is 97.5 Å². The minimum Gasteiger partial charge on any atom is -0.388 e. The fourth-order valence-electron chi connectivity index (χ4n) is 2.43. The lowest BCUT2D eigenvalue weighted by molar-refractivity contribution is -0.127. The van der Waals surface area contributed by atoms with Crippen molar-refractivity contribution in [2.75, 3.05) is 13.2 Å². The van der Waals surface area contributed by atoms with Crippen LogP contribution in [0.4, 0.5) is 0 Å². The van der Waals surface area contributed by atoms with Gasteiger partial charge in [-0.2, -0.15) is 4.98 Å². The van der Waals surface area contributed by atoms with E-state index in [1.54, 1.807) is 6.92 Å². The maximum atomic E-state index is 11.7. The van der Waals surface area contributed by atoms with Gasteiger partial charge in [0.2, 0.25) is 11.7 Å². The molecule has 0 saturated heterocycles. The maximum absolute atomic E-state index is 11.7. The molecule has 0 spiro atoms. The Morgan fingerprint density at radius 1 is 1.42 bits per heavy atom. The van der Waals surface area contributed by atoms with E-state index >= 15 is 0 Å². The average molecular weight is 331 g/mol. The molecule has 0 aliphatic heterocycles. The number of aromatic nitrogens is 2. The molecule has 2 aromatic rings. The second-order valence-electron chi connectivity index (χ2n) is 6.28. The lowest BCUT2D eigenvalue weighted by Crippen LogP contribution is -2.43. The van der Waals surface area contributed by atoms with Gasteiger partial charge in [-0.15, -0.1) is 0 Å². The molecule has 1 atom stereocenters. The summed E-state index contributed by atoms with van der Waals surface area (Å²) in [6.45, 7) is 1.92. The van der Waals surface area contributed by atoms with E-state index in [4.69, 9.17) is 9.26 Å². The summed E-state index contributed by atoms with van der Waals surface area (Å²) < 4.78 is 10.4. The van der Waals surface area contributed by atoms with Gasteiger partial charge in [0, 0.05) is 12.1 Å². The SMILES string of the molecule is CC(O)(CNC(=O)COCc1nc(-c2ccccc2)no1)C1CC1. The van der Waals surface area contributed by atoms with E-state index in [1.165, 1.54) is 0 Å². The number of carbonyl (C=O) groups excluding carboxylic acids is 1. The van der Waals surface area contributed by atoms with Crippen molar-refractivity contribution in [3.8, 4) is 11.4 Å². The summed E-state index contributed by atoms with van der Waals surface area (Å²) in [6.07, 6.45) is 2.03. The van der Waals surface area contributed by atoms with Crippen molar-refractivity contribution in [2.45, 2.75) is 32.0 Å². The Bertz CT molecular complexity index is 680. The van der Waals surface area contributed by atoms with Gasteiger partial charge in [0.1, 0.15) is 13.2 Å². The molecule has 1 unspecified atom stereocenters. The number of aliphatic hydroxyl groups is 1. The molecule has 1 aliphatic carbocycles. The van der Waals surface area contributed by atoms with E-state index in [0.29, 0.717) is 11.7 Å². The van der Waals surface area contributed by atoms with Crippen LogP contribution in [0.5, 0.6) is 0 Å². The number of ether oxygens (including phenoxy) is 1. The zero-order chi connectivity index (χ0) is 17.0. The Morgan fingerprint density at radius 2 is 2.17 bits per heavy atom. The van der Waals surface area contributed by atoms with Crippen LogP contribution in [-0.2, 0) is 16.1 Å². The number of nitrogens with zero attached hydrogens (tertiary/aromatic N) is 2. The molecule has 3 rings (SSSR count). The van der Waals surface area contributed by atoms with Crippen molar-refractivity contribution < 1.29 is 19.2 Å². The number of amides is 1. The van der Waals surface area contributed by atoms with Crippen LogP contribution < -0.4 is 5.32 Å². The summed E-state index contributed by atoms with van der Waals surface area (Å²) in [7, 11) is 0. The predicted octanol–water partition coefficient (Wildman–Crippen LogP) is 1.53. The Balaban J connectivity index is 1.40. The lowest BCUT2D eigenvalue weighted by atomic mass is 10.0. The standard InChI is InChI=1S/C17H21N3O4/c1-17(22,13-7-8-13)11-18-14(21)9-23-10-15-19-16(20-24-15)12-5-3-2-4-6-12/h2-6,13,22H,7-11H2,1H3,(H,18,21). The number of hydrogen-bond donors (Lipinski definition) is 2. The van der Waals surface area contributed by atoms with Gasteiger partial charge in [-0.1, -0.05) is 35.5 Å². The highest BCUT2D eigenvalue weighted by atomic mass is 16.5. The minimum atomic E-state index is -0.841. The zero-order valence-electron chi connectivity index (χ0n) is 13.6. The predicted molar refractivity (Wildman–Crippen MR) is 85.7 cm³/mol. The van der Waals surface area contributed by atoms with Crippen LogP contribution >= 0.6 is 0 Å². The molecule has 2 N–H and O–H groups in total. The van der Waals surface area contributed by atoms with E-state index in [9.17, 15) is 9.90 Å². The van der Waals surface area contributed by atoms with E-state index < -0.39 is 5.60 Å². The molecule has 0 radical (unpaired) electrons. The highest BCUT2D eigenvalue weighted by Gasteiger charge is 2.39. The molecule has 1 heterocycles. The largest absolute Gasteiger partial charge is 0.388 e. The van der Waals surface area contributed by atoms with E-state index in [1.807, 2.05) is 30.3 Å². The first-order chi connectivity index (χ1) is 11.5. The Labute approximate surface area is 140 Å². The van der Waals surface area contributed by atoms with Gasteiger partial charge in [-0.25, -0.2) is 0 Å². The summed E-state index contributed by atoms with van der Waals surface area (Å²) >= 11 is 0. The van der Waals surface area contributed by atoms with Crippen molar-refractivity contribution in [2.24, 2.45) is 5.92 Å². The third-order valence-corrected chi connectivity index (χ3v) is 4.06. The van der Waals surface area contributed by atoms with Crippen LogP contribution in [0.15, 0.2) is 34.9 Å². The fraction of sp³-hybridized carbons (Fsp3) is 0.471. The van der Waals surface area contributed by atoms with Gasteiger partial charge in [0.05, 0.1) is 5.60 Å². The van der Waals surface area contributed by atoms with Gasteiger partial charge in [0.15, 0.2) is 0 Å². The summed E-state index contributed by atoms with van der Waals surface area (Å²) in [5, 5.41) is 16.7. The summed E-state index contributed by atoms with van der Waals surface area (Å²) in [5.74, 6) is 0.804. The van der Waals surface area contributed by atoms with E-state index in [-0.39, 0.29) is 31.6 Å². The van der Waals surface area contributed by atoms with Crippen LogP contribution in [0.3, 0.4) is 0 Å². The molecule has 1 aromatic heterocycles. The van der Waals surface area contributed by atoms with Crippen LogP contribution in [-0.4, -0.2) is 39.9 Å². The Morgan fingerprint density at radius 3 is 2.88 bits per heavy atom. The quantitative estimate of drug-likeness (QED) is 0.761. The molecule has 1 aromatic carbocycles. The molecular formula is C17H21N3O4. The number of carbonyl (C=O) groups is 1. The normalized spacial score (nSPS) is 16.6. The molecular weight excluding hydrogens is 310 g/mol. The summed E-state index contributed by atoms with van der Waals surface area (Å²) in [6, 6.07) is 9.46. The molecule has 1 saturated carbocycles. The molecule has 1 fully saturated rings. The first-order valence-electron chi connectivity index (χ1n) is 7.99. The van der Waals surface area contributed by atoms with Gasteiger partial charge in [0.25, 0.3) is 5.89 Å². The van der Waals surface area contributed by atoms with E-state index in [2.05, 4.69) is 15.5 Å². The van der Waals surface area contributed by atoms with Crippen molar-refractivity contribution in [3.05, 3.63) is 36.2 Å². The third-order valence-electron chi connectivity index (χ3n) is 4.06. The van der Waals surface area contributed by atoms with Gasteiger partial charge < -0.3 is 19.7 Å². The average Bonchev–Trinajstić information content (AvgIpc) is 3.35. The van der Waals surface area contributed by atoms with Gasteiger partial charge in [-0.3, -0.25) is 4.79 Å². The molecule has 24 heavy (non-hydrogen) atoms. The fourth-order valence-corrected chi connectivity index (χ4v) is 2.43. The molecule has 128 valence electrons. The Kier molecular flexibility index (Phi) is 4.92. The molecule has 1 amide bonds. The zero-order valence-corrected chi connectivity index (χ0v) is 13.6. The van der Waals surface area contributed by atoms with Crippen LogP contribution in [0.25, 0.3) is 11.4 Å².